The fraction of sp³-hybridized carbons (Fsp3) is 0.300. The molecule has 2 N–H and O–H groups in total. The summed E-state index contributed by atoms with van der Waals surface area (Å²) in [5, 5.41) is 6.41. The molecule has 1 fully saturated rings. The Hall–Kier alpha value is -2.53. The van der Waals surface area contributed by atoms with E-state index >= 15 is 0 Å². The van der Waals surface area contributed by atoms with Gasteiger partial charge in [0.25, 0.3) is 0 Å². The third kappa shape index (κ3) is 4.99. The average molecular weight is 372 g/mol. The number of halogens is 1. The Morgan fingerprint density at radius 3 is 2.35 bits per heavy atom. The number of hydrogen-bond acceptors (Lipinski definition) is 2. The molecule has 2 aromatic rings. The van der Waals surface area contributed by atoms with Gasteiger partial charge in [0.05, 0.1) is 6.42 Å². The second kappa shape index (κ2) is 8.72. The number of piperidine rings is 1. The topological polar surface area (TPSA) is 61.4 Å². The minimum Gasteiger partial charge on any atom is -0.342 e. The molecular weight excluding hydrogens is 350 g/mol. The van der Waals surface area contributed by atoms with Crippen molar-refractivity contribution in [1.29, 1.82) is 0 Å². The van der Waals surface area contributed by atoms with E-state index in [1.807, 2.05) is 53.4 Å². The highest BCUT2D eigenvalue weighted by atomic mass is 35.5. The fourth-order valence-corrected chi connectivity index (χ4v) is 3.27. The monoisotopic (exact) mass is 371 g/mol. The quantitative estimate of drug-likeness (QED) is 0.860. The Kier molecular flexibility index (Phi) is 6.12. The molecule has 0 bridgehead atoms. The smallest absolute Gasteiger partial charge is 0.319 e. The SMILES string of the molecule is O=C(Nc1ccccc1)NC1CCN(C(=O)Cc2ccccc2Cl)CC1. The average Bonchev–Trinajstić information content (AvgIpc) is 2.65. The van der Waals surface area contributed by atoms with E-state index < -0.39 is 0 Å². The minimum atomic E-state index is -0.211. The van der Waals surface area contributed by atoms with Gasteiger partial charge >= 0.3 is 6.03 Å². The second-order valence-electron chi connectivity index (χ2n) is 6.39. The Morgan fingerprint density at radius 2 is 1.65 bits per heavy atom. The fourth-order valence-electron chi connectivity index (χ4n) is 3.06. The highest BCUT2D eigenvalue weighted by Gasteiger charge is 2.24. The van der Waals surface area contributed by atoms with E-state index in [1.165, 1.54) is 0 Å². The summed E-state index contributed by atoms with van der Waals surface area (Å²) in [6.07, 6.45) is 1.80. The van der Waals surface area contributed by atoms with E-state index in [-0.39, 0.29) is 18.0 Å². The van der Waals surface area contributed by atoms with Crippen LogP contribution < -0.4 is 10.6 Å². The van der Waals surface area contributed by atoms with Crippen molar-refractivity contribution in [3.8, 4) is 0 Å². The molecule has 0 spiro atoms. The molecule has 3 rings (SSSR count). The summed E-state index contributed by atoms with van der Waals surface area (Å²) in [6, 6.07) is 16.6. The van der Waals surface area contributed by atoms with Crippen LogP contribution in [0.15, 0.2) is 54.6 Å². The van der Waals surface area contributed by atoms with Crippen molar-refractivity contribution in [1.82, 2.24) is 10.2 Å². The molecule has 0 saturated carbocycles. The van der Waals surface area contributed by atoms with Crippen molar-refractivity contribution in [2.45, 2.75) is 25.3 Å². The lowest BCUT2D eigenvalue weighted by Crippen LogP contribution is -2.47. The number of carbonyl (C=O) groups excluding carboxylic acids is 2. The van der Waals surface area contributed by atoms with Gasteiger partial charge in [-0.3, -0.25) is 4.79 Å². The molecule has 1 saturated heterocycles. The predicted octanol–water partition coefficient (Wildman–Crippen LogP) is 3.70. The maximum atomic E-state index is 12.5. The predicted molar refractivity (Wildman–Crippen MR) is 103 cm³/mol. The molecule has 0 aliphatic carbocycles. The molecule has 3 amide bonds. The summed E-state index contributed by atoms with van der Waals surface area (Å²) >= 11 is 6.13. The number of likely N-dealkylation sites (tertiary alicyclic amines) is 1. The Bertz CT molecular complexity index is 759. The molecule has 136 valence electrons. The van der Waals surface area contributed by atoms with Crippen LogP contribution in [-0.4, -0.2) is 36.0 Å². The van der Waals surface area contributed by atoms with Crippen molar-refractivity contribution in [2.24, 2.45) is 0 Å². The largest absolute Gasteiger partial charge is 0.342 e. The van der Waals surface area contributed by atoms with E-state index in [1.54, 1.807) is 6.07 Å². The minimum absolute atomic E-state index is 0.0723. The summed E-state index contributed by atoms with van der Waals surface area (Å²) in [5.41, 5.74) is 1.61. The summed E-state index contributed by atoms with van der Waals surface area (Å²) in [6.45, 7) is 1.28. The Labute approximate surface area is 158 Å². The lowest BCUT2D eigenvalue weighted by Gasteiger charge is -2.32. The van der Waals surface area contributed by atoms with Crippen LogP contribution in [0.5, 0.6) is 0 Å². The lowest BCUT2D eigenvalue weighted by atomic mass is 10.0. The first kappa shape index (κ1) is 18.3. The zero-order valence-corrected chi connectivity index (χ0v) is 15.2. The molecule has 0 radical (unpaired) electrons. The Balaban J connectivity index is 1.44. The van der Waals surface area contributed by atoms with E-state index in [4.69, 9.17) is 11.6 Å². The first-order valence-electron chi connectivity index (χ1n) is 8.75. The number of anilines is 1. The highest BCUT2D eigenvalue weighted by molar-refractivity contribution is 6.31. The number of urea groups is 1. The number of amides is 3. The van der Waals surface area contributed by atoms with Gasteiger partial charge in [0.1, 0.15) is 0 Å². The number of rotatable bonds is 4. The Morgan fingerprint density at radius 1 is 1.00 bits per heavy atom. The third-order valence-corrected chi connectivity index (χ3v) is 4.88. The van der Waals surface area contributed by atoms with E-state index in [2.05, 4.69) is 10.6 Å². The normalized spacial score (nSPS) is 14.7. The van der Waals surface area contributed by atoms with Gasteiger partial charge in [-0.25, -0.2) is 4.79 Å². The van der Waals surface area contributed by atoms with Gasteiger partial charge in [-0.2, -0.15) is 0 Å². The number of hydrogen-bond donors (Lipinski definition) is 2. The second-order valence-corrected chi connectivity index (χ2v) is 6.79. The van der Waals surface area contributed by atoms with Crippen LogP contribution >= 0.6 is 11.6 Å². The highest BCUT2D eigenvalue weighted by Crippen LogP contribution is 2.18. The van der Waals surface area contributed by atoms with Gasteiger partial charge in [-0.1, -0.05) is 48.0 Å². The first-order chi connectivity index (χ1) is 12.6. The van der Waals surface area contributed by atoms with Gasteiger partial charge in [-0.15, -0.1) is 0 Å². The van der Waals surface area contributed by atoms with Crippen molar-refractivity contribution in [3.05, 3.63) is 65.2 Å². The van der Waals surface area contributed by atoms with Crippen LogP contribution in [-0.2, 0) is 11.2 Å². The third-order valence-electron chi connectivity index (χ3n) is 4.51. The molecule has 0 aromatic heterocycles. The number of nitrogens with one attached hydrogen (secondary N) is 2. The summed E-state index contributed by atoms with van der Waals surface area (Å²) in [4.78, 5) is 26.4. The zero-order chi connectivity index (χ0) is 18.4. The maximum absolute atomic E-state index is 12.5. The van der Waals surface area contributed by atoms with E-state index in [0.29, 0.717) is 24.5 Å². The van der Waals surface area contributed by atoms with Crippen LogP contribution in [0.2, 0.25) is 5.02 Å². The summed E-state index contributed by atoms with van der Waals surface area (Å²) < 4.78 is 0. The molecule has 1 heterocycles. The molecule has 5 nitrogen and oxygen atoms in total. The van der Waals surface area contributed by atoms with Gasteiger partial charge in [0, 0.05) is 29.8 Å². The number of carbonyl (C=O) groups is 2. The van der Waals surface area contributed by atoms with Gasteiger partial charge in [0.2, 0.25) is 5.91 Å². The number of nitrogens with zero attached hydrogens (tertiary/aromatic N) is 1. The molecule has 1 aliphatic rings. The van der Waals surface area contributed by atoms with Crippen LogP contribution in [0.3, 0.4) is 0 Å². The van der Waals surface area contributed by atoms with Crippen molar-refractivity contribution in [3.63, 3.8) is 0 Å². The molecule has 2 aromatic carbocycles. The van der Waals surface area contributed by atoms with Crippen LogP contribution in [0.25, 0.3) is 0 Å². The summed E-state index contributed by atoms with van der Waals surface area (Å²) in [5.74, 6) is 0.0743. The van der Waals surface area contributed by atoms with Gasteiger partial charge < -0.3 is 15.5 Å². The first-order valence-corrected chi connectivity index (χ1v) is 9.13. The van der Waals surface area contributed by atoms with Crippen LogP contribution in [0.1, 0.15) is 18.4 Å². The number of benzene rings is 2. The number of para-hydroxylation sites is 1. The lowest BCUT2D eigenvalue weighted by molar-refractivity contribution is -0.131. The molecule has 0 unspecified atom stereocenters. The standard InChI is InChI=1S/C20H22ClN3O2/c21-18-9-5-4-6-15(18)14-19(25)24-12-10-17(11-13-24)23-20(26)22-16-7-2-1-3-8-16/h1-9,17H,10-14H2,(H2,22,23,26). The van der Waals surface area contributed by atoms with Crippen molar-refractivity contribution >= 4 is 29.2 Å². The van der Waals surface area contributed by atoms with Gasteiger partial charge in [0.15, 0.2) is 0 Å². The van der Waals surface area contributed by atoms with Crippen molar-refractivity contribution in [2.75, 3.05) is 18.4 Å². The molecule has 0 atom stereocenters. The van der Waals surface area contributed by atoms with E-state index in [9.17, 15) is 9.59 Å². The van der Waals surface area contributed by atoms with Crippen molar-refractivity contribution < 1.29 is 9.59 Å². The van der Waals surface area contributed by atoms with Crippen LogP contribution in [0, 0.1) is 0 Å². The molecule has 26 heavy (non-hydrogen) atoms. The molecular formula is C20H22ClN3O2. The maximum Gasteiger partial charge on any atom is 0.319 e. The molecule has 1 aliphatic heterocycles. The van der Waals surface area contributed by atoms with Crippen LogP contribution in [0.4, 0.5) is 10.5 Å². The van der Waals surface area contributed by atoms with E-state index in [0.717, 1.165) is 24.1 Å². The summed E-state index contributed by atoms with van der Waals surface area (Å²) in [7, 11) is 0. The molecule has 6 heteroatoms. The zero-order valence-electron chi connectivity index (χ0n) is 14.5. The van der Waals surface area contributed by atoms with Gasteiger partial charge in [-0.05, 0) is 36.6 Å².